The Morgan fingerprint density at radius 3 is 2.25 bits per heavy atom. The maximum atomic E-state index is 11.0. The molecule has 2 N–H and O–H groups in total. The van der Waals surface area contributed by atoms with Crippen LogP contribution in [0.15, 0.2) is 12.1 Å². The largest absolute Gasteiger partial charge is 0.378 e. The zero-order valence-electron chi connectivity index (χ0n) is 12.1. The molecule has 1 aromatic heterocycles. The van der Waals surface area contributed by atoms with Gasteiger partial charge >= 0.3 is 5.69 Å². The fourth-order valence-corrected chi connectivity index (χ4v) is 2.55. The molecule has 20 heavy (non-hydrogen) atoms. The van der Waals surface area contributed by atoms with E-state index in [-0.39, 0.29) is 11.5 Å². The summed E-state index contributed by atoms with van der Waals surface area (Å²) in [5.41, 5.74) is 10.6. The standard InChI is InChI=1S/C14H18N4O2/c1-8-5-9(2)12(10(3)6-8)7-17-14(15)13(18(19)20)11(4)16-17/h5-6H,7,15H2,1-4H3. The van der Waals surface area contributed by atoms with E-state index in [0.29, 0.717) is 12.2 Å². The van der Waals surface area contributed by atoms with E-state index in [1.54, 1.807) is 6.92 Å². The van der Waals surface area contributed by atoms with Gasteiger partial charge in [0, 0.05) is 0 Å². The van der Waals surface area contributed by atoms with Crippen molar-refractivity contribution in [2.75, 3.05) is 5.73 Å². The Morgan fingerprint density at radius 1 is 1.25 bits per heavy atom. The van der Waals surface area contributed by atoms with E-state index in [0.717, 1.165) is 16.7 Å². The minimum Gasteiger partial charge on any atom is -0.378 e. The fourth-order valence-electron chi connectivity index (χ4n) is 2.55. The summed E-state index contributed by atoms with van der Waals surface area (Å²) in [7, 11) is 0. The van der Waals surface area contributed by atoms with Gasteiger partial charge in [0.2, 0.25) is 5.82 Å². The summed E-state index contributed by atoms with van der Waals surface area (Å²) in [6.07, 6.45) is 0. The number of aromatic nitrogens is 2. The lowest BCUT2D eigenvalue weighted by Crippen LogP contribution is -2.09. The number of nitrogen functional groups attached to an aromatic ring is 1. The van der Waals surface area contributed by atoms with Crippen molar-refractivity contribution in [3.8, 4) is 0 Å². The van der Waals surface area contributed by atoms with Gasteiger partial charge in [-0.05, 0) is 44.4 Å². The highest BCUT2D eigenvalue weighted by Gasteiger charge is 2.23. The highest BCUT2D eigenvalue weighted by atomic mass is 16.6. The van der Waals surface area contributed by atoms with Crippen LogP contribution in [-0.2, 0) is 6.54 Å². The van der Waals surface area contributed by atoms with E-state index in [9.17, 15) is 10.1 Å². The lowest BCUT2D eigenvalue weighted by atomic mass is 10.00. The highest BCUT2D eigenvalue weighted by molar-refractivity contribution is 5.56. The first-order valence-corrected chi connectivity index (χ1v) is 6.35. The van der Waals surface area contributed by atoms with Gasteiger partial charge in [-0.3, -0.25) is 10.1 Å². The number of nitro groups is 1. The van der Waals surface area contributed by atoms with Crippen molar-refractivity contribution in [1.82, 2.24) is 9.78 Å². The molecule has 6 nitrogen and oxygen atoms in total. The molecule has 0 fully saturated rings. The van der Waals surface area contributed by atoms with Crippen LogP contribution in [0.3, 0.4) is 0 Å². The van der Waals surface area contributed by atoms with Crippen LogP contribution in [0.1, 0.15) is 27.9 Å². The van der Waals surface area contributed by atoms with Crippen LogP contribution >= 0.6 is 0 Å². The van der Waals surface area contributed by atoms with Gasteiger partial charge in [0.05, 0.1) is 11.5 Å². The molecule has 0 radical (unpaired) electrons. The second-order valence-electron chi connectivity index (χ2n) is 5.11. The van der Waals surface area contributed by atoms with E-state index in [4.69, 9.17) is 5.73 Å². The Hall–Kier alpha value is -2.37. The minimum absolute atomic E-state index is 0.104. The molecule has 106 valence electrons. The van der Waals surface area contributed by atoms with Gasteiger partial charge in [0.1, 0.15) is 5.69 Å². The number of nitrogens with two attached hydrogens (primary N) is 1. The third kappa shape index (κ3) is 2.36. The molecule has 0 saturated carbocycles. The summed E-state index contributed by atoms with van der Waals surface area (Å²) in [4.78, 5) is 10.5. The smallest absolute Gasteiger partial charge is 0.333 e. The van der Waals surface area contributed by atoms with Crippen LogP contribution in [0.2, 0.25) is 0 Å². The molecule has 0 atom stereocenters. The van der Waals surface area contributed by atoms with Crippen LogP contribution in [0, 0.1) is 37.8 Å². The van der Waals surface area contributed by atoms with Crippen molar-refractivity contribution in [1.29, 1.82) is 0 Å². The lowest BCUT2D eigenvalue weighted by molar-refractivity contribution is -0.384. The van der Waals surface area contributed by atoms with Crippen LogP contribution < -0.4 is 5.73 Å². The number of benzene rings is 1. The van der Waals surface area contributed by atoms with Gasteiger partial charge in [-0.15, -0.1) is 0 Å². The molecule has 0 bridgehead atoms. The average Bonchev–Trinajstić information content (AvgIpc) is 2.58. The third-order valence-corrected chi connectivity index (χ3v) is 3.46. The first kappa shape index (κ1) is 14.0. The summed E-state index contributed by atoms with van der Waals surface area (Å²) in [5.74, 6) is 0.104. The summed E-state index contributed by atoms with van der Waals surface area (Å²) in [5, 5.41) is 15.1. The second-order valence-corrected chi connectivity index (χ2v) is 5.11. The van der Waals surface area contributed by atoms with E-state index in [2.05, 4.69) is 17.2 Å². The fraction of sp³-hybridized carbons (Fsp3) is 0.357. The first-order chi connectivity index (χ1) is 9.31. The first-order valence-electron chi connectivity index (χ1n) is 6.35. The van der Waals surface area contributed by atoms with Crippen LogP contribution in [0.25, 0.3) is 0 Å². The molecule has 0 aliphatic rings. The molecule has 6 heteroatoms. The van der Waals surface area contributed by atoms with Gasteiger partial charge in [-0.1, -0.05) is 17.7 Å². The SMILES string of the molecule is Cc1cc(C)c(Cn2nc(C)c([N+](=O)[O-])c2N)c(C)c1. The molecule has 0 aliphatic carbocycles. The zero-order chi connectivity index (χ0) is 15.0. The van der Waals surface area contributed by atoms with E-state index in [1.807, 2.05) is 20.8 Å². The van der Waals surface area contributed by atoms with Crippen LogP contribution in [0.4, 0.5) is 11.5 Å². The molecule has 0 saturated heterocycles. The normalized spacial score (nSPS) is 10.8. The molecule has 2 rings (SSSR count). The Morgan fingerprint density at radius 2 is 1.80 bits per heavy atom. The molecular weight excluding hydrogens is 256 g/mol. The Kier molecular flexibility index (Phi) is 3.48. The summed E-state index contributed by atoms with van der Waals surface area (Å²) >= 11 is 0. The molecule has 0 amide bonds. The molecule has 0 aliphatic heterocycles. The van der Waals surface area contributed by atoms with E-state index < -0.39 is 4.92 Å². The van der Waals surface area contributed by atoms with E-state index >= 15 is 0 Å². The van der Waals surface area contributed by atoms with Crippen molar-refractivity contribution in [3.05, 3.63) is 50.2 Å². The molecule has 1 heterocycles. The maximum Gasteiger partial charge on any atom is 0.333 e. The van der Waals surface area contributed by atoms with Gasteiger partial charge in [0.25, 0.3) is 0 Å². The average molecular weight is 274 g/mol. The number of hydrogen-bond acceptors (Lipinski definition) is 4. The minimum atomic E-state index is -0.483. The van der Waals surface area contributed by atoms with Crippen molar-refractivity contribution < 1.29 is 4.92 Å². The van der Waals surface area contributed by atoms with Crippen molar-refractivity contribution >= 4 is 11.5 Å². The van der Waals surface area contributed by atoms with E-state index in [1.165, 1.54) is 10.2 Å². The Bertz CT molecular complexity index is 666. The number of anilines is 1. The van der Waals surface area contributed by atoms with Crippen molar-refractivity contribution in [3.63, 3.8) is 0 Å². The van der Waals surface area contributed by atoms with Gasteiger partial charge in [-0.25, -0.2) is 4.68 Å². The van der Waals surface area contributed by atoms with Gasteiger partial charge < -0.3 is 5.73 Å². The molecule has 0 unspecified atom stereocenters. The zero-order valence-corrected chi connectivity index (χ0v) is 12.1. The Labute approximate surface area is 117 Å². The third-order valence-electron chi connectivity index (χ3n) is 3.46. The van der Waals surface area contributed by atoms with Crippen LogP contribution in [0.5, 0.6) is 0 Å². The predicted octanol–water partition coefficient (Wildman–Crippen LogP) is 2.66. The number of hydrogen-bond donors (Lipinski definition) is 1. The number of rotatable bonds is 3. The Balaban J connectivity index is 2.46. The van der Waals surface area contributed by atoms with Gasteiger partial charge in [0.15, 0.2) is 0 Å². The molecular formula is C14H18N4O2. The second kappa shape index (κ2) is 4.96. The molecule has 0 spiro atoms. The number of nitrogens with zero attached hydrogens (tertiary/aromatic N) is 3. The number of aryl methyl sites for hydroxylation is 4. The quantitative estimate of drug-likeness (QED) is 0.688. The van der Waals surface area contributed by atoms with Gasteiger partial charge in [-0.2, -0.15) is 5.10 Å². The summed E-state index contributed by atoms with van der Waals surface area (Å²) < 4.78 is 1.50. The van der Waals surface area contributed by atoms with Crippen LogP contribution in [-0.4, -0.2) is 14.7 Å². The summed E-state index contributed by atoms with van der Waals surface area (Å²) in [6.45, 7) is 8.13. The van der Waals surface area contributed by atoms with Crippen molar-refractivity contribution in [2.45, 2.75) is 34.2 Å². The predicted molar refractivity (Wildman–Crippen MR) is 77.8 cm³/mol. The maximum absolute atomic E-state index is 11.0. The summed E-state index contributed by atoms with van der Waals surface area (Å²) in [6, 6.07) is 4.17. The molecule has 1 aromatic carbocycles. The molecule has 2 aromatic rings. The highest BCUT2D eigenvalue weighted by Crippen LogP contribution is 2.27. The topological polar surface area (TPSA) is 87.0 Å². The lowest BCUT2D eigenvalue weighted by Gasteiger charge is -2.12. The monoisotopic (exact) mass is 274 g/mol. The van der Waals surface area contributed by atoms with Crippen molar-refractivity contribution in [2.24, 2.45) is 0 Å².